The highest BCUT2D eigenvalue weighted by atomic mass is 35.5. The zero-order valence-corrected chi connectivity index (χ0v) is 17.0. The third-order valence-electron chi connectivity index (χ3n) is 4.03. The Kier molecular flexibility index (Phi) is 6.13. The van der Waals surface area contributed by atoms with Crippen LogP contribution in [0.4, 0.5) is 16.2 Å². The van der Waals surface area contributed by atoms with Gasteiger partial charge in [0.15, 0.2) is 5.82 Å². The number of nitrogens with zero attached hydrogens (tertiary/aromatic N) is 3. The summed E-state index contributed by atoms with van der Waals surface area (Å²) in [5, 5.41) is 12.8. The summed E-state index contributed by atoms with van der Waals surface area (Å²) in [4.78, 5) is 27.6. The van der Waals surface area contributed by atoms with Crippen LogP contribution in [0.5, 0.6) is 0 Å². The lowest BCUT2D eigenvalue weighted by Gasteiger charge is -2.11. The number of nitrogens with one attached hydrogen (secondary N) is 3. The fraction of sp³-hybridized carbons (Fsp3) is 0.200. The van der Waals surface area contributed by atoms with Gasteiger partial charge >= 0.3 is 6.03 Å². The van der Waals surface area contributed by atoms with E-state index < -0.39 is 6.03 Å². The van der Waals surface area contributed by atoms with Crippen molar-refractivity contribution in [1.29, 1.82) is 0 Å². The zero-order chi connectivity index (χ0) is 21.0. The van der Waals surface area contributed by atoms with Crippen LogP contribution in [-0.4, -0.2) is 26.7 Å². The predicted octanol–water partition coefficient (Wildman–Crippen LogP) is 3.82. The normalized spacial score (nSPS) is 10.5. The number of hydrogen-bond acceptors (Lipinski definition) is 4. The Bertz CT molecular complexity index is 1050. The fourth-order valence-electron chi connectivity index (χ4n) is 2.75. The van der Waals surface area contributed by atoms with Crippen molar-refractivity contribution in [2.24, 2.45) is 0 Å². The Hall–Kier alpha value is -3.39. The van der Waals surface area contributed by atoms with Crippen LogP contribution in [0.1, 0.15) is 23.9 Å². The molecule has 0 aliphatic carbocycles. The topological polar surface area (TPSA) is 101 Å². The van der Waals surface area contributed by atoms with E-state index in [0.29, 0.717) is 22.9 Å². The third kappa shape index (κ3) is 5.32. The van der Waals surface area contributed by atoms with Crippen LogP contribution in [-0.2, 0) is 11.3 Å². The van der Waals surface area contributed by atoms with Crippen molar-refractivity contribution in [2.45, 2.75) is 27.3 Å². The first kappa shape index (κ1) is 20.3. The van der Waals surface area contributed by atoms with Gasteiger partial charge in [-0.1, -0.05) is 17.7 Å². The van der Waals surface area contributed by atoms with Gasteiger partial charge in [-0.25, -0.2) is 14.5 Å². The molecule has 0 atom stereocenters. The summed E-state index contributed by atoms with van der Waals surface area (Å²) in [5.41, 5.74) is 3.77. The molecule has 3 amide bonds. The number of benzene rings is 1. The molecule has 3 aromatic rings. The molecule has 0 fully saturated rings. The van der Waals surface area contributed by atoms with Crippen LogP contribution in [0.2, 0.25) is 5.02 Å². The first-order valence-electron chi connectivity index (χ1n) is 8.92. The predicted molar refractivity (Wildman–Crippen MR) is 112 cm³/mol. The van der Waals surface area contributed by atoms with Gasteiger partial charge < -0.3 is 16.0 Å². The summed E-state index contributed by atoms with van der Waals surface area (Å²) >= 11 is 6.15. The van der Waals surface area contributed by atoms with Gasteiger partial charge in [-0.2, -0.15) is 5.10 Å². The summed E-state index contributed by atoms with van der Waals surface area (Å²) in [5.74, 6) is 0.520. The number of pyridine rings is 1. The second kappa shape index (κ2) is 8.74. The molecule has 0 aliphatic rings. The van der Waals surface area contributed by atoms with Crippen LogP contribution in [0.15, 0.2) is 42.6 Å². The highest BCUT2D eigenvalue weighted by Crippen LogP contribution is 2.25. The second-order valence-corrected chi connectivity index (χ2v) is 6.95. The number of hydrogen-bond donors (Lipinski definition) is 3. The van der Waals surface area contributed by atoms with Crippen LogP contribution < -0.4 is 16.0 Å². The zero-order valence-electron chi connectivity index (χ0n) is 16.3. The number of halogens is 1. The Balaban J connectivity index is 1.57. The van der Waals surface area contributed by atoms with Gasteiger partial charge in [0.2, 0.25) is 5.91 Å². The summed E-state index contributed by atoms with van der Waals surface area (Å²) in [7, 11) is 0. The number of amides is 3. The summed E-state index contributed by atoms with van der Waals surface area (Å²) in [6.07, 6.45) is 1.70. The first-order chi connectivity index (χ1) is 13.8. The molecule has 0 unspecified atom stereocenters. The smallest absolute Gasteiger partial charge is 0.319 e. The number of aromatic nitrogens is 3. The van der Waals surface area contributed by atoms with E-state index in [9.17, 15) is 9.59 Å². The SMILES string of the molecule is CC(=O)Nc1ccc(NC(=O)NCc2ccc(-n3nc(C)cc3C)nc2)c(Cl)c1. The Morgan fingerprint density at radius 1 is 1.10 bits per heavy atom. The minimum atomic E-state index is -0.401. The minimum absolute atomic E-state index is 0.197. The second-order valence-electron chi connectivity index (χ2n) is 6.55. The average molecular weight is 413 g/mol. The van der Waals surface area contributed by atoms with Crippen molar-refractivity contribution >= 4 is 34.9 Å². The van der Waals surface area contributed by atoms with Crippen molar-refractivity contribution < 1.29 is 9.59 Å². The van der Waals surface area contributed by atoms with Gasteiger partial charge in [-0.05, 0) is 49.7 Å². The lowest BCUT2D eigenvalue weighted by Crippen LogP contribution is -2.28. The number of anilines is 2. The summed E-state index contributed by atoms with van der Waals surface area (Å²) in [6, 6.07) is 10.2. The Morgan fingerprint density at radius 3 is 2.48 bits per heavy atom. The van der Waals surface area contributed by atoms with Gasteiger partial charge in [0.25, 0.3) is 0 Å². The van der Waals surface area contributed by atoms with Crippen LogP contribution in [0, 0.1) is 13.8 Å². The number of rotatable bonds is 5. The lowest BCUT2D eigenvalue weighted by molar-refractivity contribution is -0.114. The molecule has 0 bridgehead atoms. The fourth-order valence-corrected chi connectivity index (χ4v) is 2.98. The number of urea groups is 1. The number of carbonyl (C=O) groups excluding carboxylic acids is 2. The molecule has 3 N–H and O–H groups in total. The van der Waals surface area contributed by atoms with E-state index in [4.69, 9.17) is 11.6 Å². The van der Waals surface area contributed by atoms with E-state index in [1.807, 2.05) is 32.0 Å². The van der Waals surface area contributed by atoms with Crippen molar-refractivity contribution in [2.75, 3.05) is 10.6 Å². The minimum Gasteiger partial charge on any atom is -0.334 e. The van der Waals surface area contributed by atoms with E-state index in [2.05, 4.69) is 26.0 Å². The summed E-state index contributed by atoms with van der Waals surface area (Å²) in [6.45, 7) is 5.61. The molecule has 0 aliphatic heterocycles. The maximum atomic E-state index is 12.2. The number of aryl methyl sites for hydroxylation is 2. The van der Waals surface area contributed by atoms with Gasteiger partial charge in [-0.15, -0.1) is 0 Å². The molecule has 1 aromatic carbocycles. The Morgan fingerprint density at radius 2 is 1.90 bits per heavy atom. The van der Waals surface area contributed by atoms with Crippen LogP contribution in [0.3, 0.4) is 0 Å². The molecular weight excluding hydrogens is 392 g/mol. The van der Waals surface area contributed by atoms with Crippen LogP contribution >= 0.6 is 11.6 Å². The molecule has 8 nitrogen and oxygen atoms in total. The highest BCUT2D eigenvalue weighted by Gasteiger charge is 2.08. The molecule has 0 radical (unpaired) electrons. The molecule has 0 saturated carbocycles. The molecule has 29 heavy (non-hydrogen) atoms. The summed E-state index contributed by atoms with van der Waals surface area (Å²) < 4.78 is 1.77. The molecule has 9 heteroatoms. The highest BCUT2D eigenvalue weighted by molar-refractivity contribution is 6.34. The van der Waals surface area contributed by atoms with Gasteiger partial charge in [0.05, 0.1) is 16.4 Å². The lowest BCUT2D eigenvalue weighted by atomic mass is 10.2. The van der Waals surface area contributed by atoms with E-state index >= 15 is 0 Å². The Labute approximate surface area is 173 Å². The first-order valence-corrected chi connectivity index (χ1v) is 9.30. The van der Waals surface area contributed by atoms with E-state index in [1.54, 1.807) is 29.1 Å². The van der Waals surface area contributed by atoms with Gasteiger partial charge in [-0.3, -0.25) is 4.79 Å². The third-order valence-corrected chi connectivity index (χ3v) is 4.34. The molecule has 0 spiro atoms. The van der Waals surface area contributed by atoms with Crippen molar-refractivity contribution in [3.63, 3.8) is 0 Å². The van der Waals surface area contributed by atoms with Crippen molar-refractivity contribution in [3.05, 3.63) is 64.6 Å². The van der Waals surface area contributed by atoms with Crippen molar-refractivity contribution in [1.82, 2.24) is 20.1 Å². The molecule has 150 valence electrons. The standard InChI is InChI=1S/C20H21ClN6O2/c1-12-8-13(2)27(26-12)19-7-4-15(10-22-19)11-23-20(29)25-18-6-5-16(9-17(18)21)24-14(3)28/h4-10H,11H2,1-3H3,(H,24,28)(H2,23,25,29). The molecular formula is C20H21ClN6O2. The van der Waals surface area contributed by atoms with Gasteiger partial charge in [0, 0.05) is 31.0 Å². The van der Waals surface area contributed by atoms with E-state index in [1.165, 1.54) is 6.92 Å². The quantitative estimate of drug-likeness (QED) is 0.593. The van der Waals surface area contributed by atoms with E-state index in [-0.39, 0.29) is 5.91 Å². The average Bonchev–Trinajstić information content (AvgIpc) is 3.00. The molecule has 2 aromatic heterocycles. The molecule has 0 saturated heterocycles. The molecule has 3 rings (SSSR count). The maximum absolute atomic E-state index is 12.2. The molecule has 2 heterocycles. The number of carbonyl (C=O) groups is 2. The largest absolute Gasteiger partial charge is 0.334 e. The maximum Gasteiger partial charge on any atom is 0.319 e. The van der Waals surface area contributed by atoms with Gasteiger partial charge in [0.1, 0.15) is 0 Å². The van der Waals surface area contributed by atoms with Crippen LogP contribution in [0.25, 0.3) is 5.82 Å². The van der Waals surface area contributed by atoms with Crippen molar-refractivity contribution in [3.8, 4) is 5.82 Å². The van der Waals surface area contributed by atoms with E-state index in [0.717, 1.165) is 22.8 Å². The monoisotopic (exact) mass is 412 g/mol.